The van der Waals surface area contributed by atoms with Gasteiger partial charge in [0.25, 0.3) is 0 Å². The standard InChI is InChI=1S/C45H74NO8P/c1-3-5-7-9-11-13-15-17-19-20-21-22-24-25-27-29-31-33-35-37-44(47)51-41-43(42-53-55(49,50)52-40-39-46)54-45(48)38-36-34-32-30-28-26-23-18-16-14-12-10-8-6-4-2/h5-8,11-14,17-19,21-23,25,27,43H,3-4,9-10,15-16,20,24,26,28-42,46H2,1-2H3,(H,49,50). The summed E-state index contributed by atoms with van der Waals surface area (Å²) >= 11 is 0. The third kappa shape index (κ3) is 40.4. The van der Waals surface area contributed by atoms with Gasteiger partial charge in [-0.15, -0.1) is 0 Å². The van der Waals surface area contributed by atoms with Crippen LogP contribution in [0.25, 0.3) is 0 Å². The third-order valence-corrected chi connectivity index (χ3v) is 8.95. The SMILES string of the molecule is CCC=CCC=CCC=CCC=CCC=CCCCCCC(=O)OCC(COP(=O)(O)OCCN)OC(=O)CCCCCCCC=CCC=CCC=CCC. The molecule has 9 nitrogen and oxygen atoms in total. The van der Waals surface area contributed by atoms with Gasteiger partial charge in [0, 0.05) is 19.4 Å². The second-order valence-corrected chi connectivity index (χ2v) is 14.5. The Morgan fingerprint density at radius 2 is 0.945 bits per heavy atom. The van der Waals surface area contributed by atoms with Gasteiger partial charge in [0.2, 0.25) is 0 Å². The maximum Gasteiger partial charge on any atom is 0.472 e. The minimum absolute atomic E-state index is 0.0397. The highest BCUT2D eigenvalue weighted by molar-refractivity contribution is 7.47. The van der Waals surface area contributed by atoms with Crippen molar-refractivity contribution in [1.82, 2.24) is 0 Å². The molecule has 3 N–H and O–H groups in total. The fraction of sp³-hybridized carbons (Fsp3) is 0.600. The van der Waals surface area contributed by atoms with Gasteiger partial charge < -0.3 is 20.1 Å². The van der Waals surface area contributed by atoms with Crippen LogP contribution in [0, 0.1) is 0 Å². The Kier molecular flexibility index (Phi) is 38.3. The third-order valence-electron chi connectivity index (χ3n) is 7.97. The first-order chi connectivity index (χ1) is 26.8. The smallest absolute Gasteiger partial charge is 0.462 e. The molecule has 55 heavy (non-hydrogen) atoms. The molecule has 0 heterocycles. The quantitative estimate of drug-likeness (QED) is 0.0273. The van der Waals surface area contributed by atoms with Crippen LogP contribution < -0.4 is 5.73 Å². The molecular formula is C45H74NO8P. The summed E-state index contributed by atoms with van der Waals surface area (Å²) in [6, 6.07) is 0. The van der Waals surface area contributed by atoms with Crippen molar-refractivity contribution >= 4 is 19.8 Å². The van der Waals surface area contributed by atoms with Crippen molar-refractivity contribution in [3.05, 3.63) is 97.2 Å². The highest BCUT2D eigenvalue weighted by atomic mass is 31.2. The summed E-state index contributed by atoms with van der Waals surface area (Å²) in [4.78, 5) is 34.8. The molecule has 0 aliphatic rings. The predicted octanol–water partition coefficient (Wildman–Crippen LogP) is 11.8. The Labute approximate surface area is 334 Å². The van der Waals surface area contributed by atoms with Crippen molar-refractivity contribution < 1.29 is 37.6 Å². The van der Waals surface area contributed by atoms with Gasteiger partial charge in [-0.25, -0.2) is 4.57 Å². The maximum absolute atomic E-state index is 12.6. The van der Waals surface area contributed by atoms with E-state index < -0.39 is 32.5 Å². The lowest BCUT2D eigenvalue weighted by Gasteiger charge is -2.19. The number of allylic oxidation sites excluding steroid dienone is 16. The second kappa shape index (κ2) is 40.6. The van der Waals surface area contributed by atoms with Gasteiger partial charge in [-0.2, -0.15) is 0 Å². The summed E-state index contributed by atoms with van der Waals surface area (Å²) in [7, 11) is -4.40. The van der Waals surface area contributed by atoms with Crippen molar-refractivity contribution in [2.45, 2.75) is 148 Å². The van der Waals surface area contributed by atoms with Crippen LogP contribution in [0.1, 0.15) is 142 Å². The number of phosphoric ester groups is 1. The molecule has 0 fully saturated rings. The van der Waals surface area contributed by atoms with Crippen LogP contribution in [0.5, 0.6) is 0 Å². The molecule has 0 spiro atoms. The summed E-state index contributed by atoms with van der Waals surface area (Å²) < 4.78 is 32.7. The van der Waals surface area contributed by atoms with E-state index in [0.717, 1.165) is 103 Å². The first-order valence-electron chi connectivity index (χ1n) is 20.7. The number of carbonyl (C=O) groups excluding carboxylic acids is 2. The minimum atomic E-state index is -4.40. The van der Waals surface area contributed by atoms with Crippen molar-refractivity contribution in [2.24, 2.45) is 5.73 Å². The Morgan fingerprint density at radius 1 is 0.545 bits per heavy atom. The average molecular weight is 788 g/mol. The van der Waals surface area contributed by atoms with E-state index in [9.17, 15) is 19.0 Å². The molecule has 0 aromatic rings. The zero-order chi connectivity index (χ0) is 40.3. The molecular weight excluding hydrogens is 713 g/mol. The Bertz CT molecular complexity index is 1220. The largest absolute Gasteiger partial charge is 0.472 e. The lowest BCUT2D eigenvalue weighted by molar-refractivity contribution is -0.161. The fourth-order valence-electron chi connectivity index (χ4n) is 4.97. The minimum Gasteiger partial charge on any atom is -0.462 e. The molecule has 2 unspecified atom stereocenters. The predicted molar refractivity (Wildman–Crippen MR) is 228 cm³/mol. The van der Waals surface area contributed by atoms with E-state index in [1.807, 2.05) is 0 Å². The van der Waals surface area contributed by atoms with Gasteiger partial charge in [-0.3, -0.25) is 18.6 Å². The van der Waals surface area contributed by atoms with E-state index in [0.29, 0.717) is 12.8 Å². The van der Waals surface area contributed by atoms with E-state index >= 15 is 0 Å². The van der Waals surface area contributed by atoms with Crippen molar-refractivity contribution in [2.75, 3.05) is 26.4 Å². The monoisotopic (exact) mass is 788 g/mol. The molecule has 0 bridgehead atoms. The number of unbranched alkanes of at least 4 members (excludes halogenated alkanes) is 8. The molecule has 312 valence electrons. The molecule has 0 saturated carbocycles. The molecule has 0 aromatic heterocycles. The van der Waals surface area contributed by atoms with Crippen LogP contribution >= 0.6 is 7.82 Å². The molecule has 0 aromatic carbocycles. The number of ether oxygens (including phenoxy) is 2. The Morgan fingerprint density at radius 3 is 1.42 bits per heavy atom. The Balaban J connectivity index is 4.29. The first-order valence-corrected chi connectivity index (χ1v) is 22.2. The summed E-state index contributed by atoms with van der Waals surface area (Å²) in [5.41, 5.74) is 5.34. The van der Waals surface area contributed by atoms with Crippen LogP contribution in [-0.2, 0) is 32.7 Å². The van der Waals surface area contributed by atoms with Gasteiger partial charge in [0.15, 0.2) is 6.10 Å². The van der Waals surface area contributed by atoms with Crippen molar-refractivity contribution in [1.29, 1.82) is 0 Å². The lowest BCUT2D eigenvalue weighted by Crippen LogP contribution is -2.29. The number of rotatable bonds is 37. The van der Waals surface area contributed by atoms with Gasteiger partial charge in [-0.1, -0.05) is 137 Å². The van der Waals surface area contributed by atoms with Gasteiger partial charge in [0.1, 0.15) is 6.61 Å². The maximum atomic E-state index is 12.6. The normalized spacial score (nSPS) is 14.3. The zero-order valence-electron chi connectivity index (χ0n) is 34.1. The van der Waals surface area contributed by atoms with Crippen LogP contribution in [0.2, 0.25) is 0 Å². The number of nitrogens with two attached hydrogens (primary N) is 1. The van der Waals surface area contributed by atoms with E-state index in [4.69, 9.17) is 24.3 Å². The number of carbonyl (C=O) groups is 2. The van der Waals surface area contributed by atoms with Crippen molar-refractivity contribution in [3.63, 3.8) is 0 Å². The number of hydrogen-bond acceptors (Lipinski definition) is 8. The molecule has 0 aliphatic carbocycles. The van der Waals surface area contributed by atoms with Crippen LogP contribution in [0.15, 0.2) is 97.2 Å². The summed E-state index contributed by atoms with van der Waals surface area (Å²) in [6.07, 6.45) is 51.5. The molecule has 2 atom stereocenters. The van der Waals surface area contributed by atoms with Crippen LogP contribution in [0.3, 0.4) is 0 Å². The number of esters is 2. The molecule has 10 heteroatoms. The molecule has 0 rings (SSSR count). The topological polar surface area (TPSA) is 134 Å². The zero-order valence-corrected chi connectivity index (χ0v) is 35.0. The molecule has 0 amide bonds. The van der Waals surface area contributed by atoms with E-state index in [1.165, 1.54) is 0 Å². The Hall–Kier alpha value is -3.07. The average Bonchev–Trinajstić information content (AvgIpc) is 3.17. The first kappa shape index (κ1) is 51.9. The van der Waals surface area contributed by atoms with Crippen LogP contribution in [-0.4, -0.2) is 49.3 Å². The highest BCUT2D eigenvalue weighted by Gasteiger charge is 2.25. The summed E-state index contributed by atoms with van der Waals surface area (Å²) in [6.45, 7) is 3.41. The lowest BCUT2D eigenvalue weighted by atomic mass is 10.1. The molecule has 0 radical (unpaired) electrons. The van der Waals surface area contributed by atoms with Gasteiger partial charge >= 0.3 is 19.8 Å². The van der Waals surface area contributed by atoms with Gasteiger partial charge in [-0.05, 0) is 89.9 Å². The van der Waals surface area contributed by atoms with E-state index in [-0.39, 0.29) is 32.6 Å². The second-order valence-electron chi connectivity index (χ2n) is 13.1. The van der Waals surface area contributed by atoms with E-state index in [1.54, 1.807) is 0 Å². The number of phosphoric acid groups is 1. The van der Waals surface area contributed by atoms with Gasteiger partial charge in [0.05, 0.1) is 13.2 Å². The van der Waals surface area contributed by atoms with Crippen molar-refractivity contribution in [3.8, 4) is 0 Å². The number of hydrogen-bond donors (Lipinski definition) is 2. The molecule has 0 saturated heterocycles. The summed E-state index contributed by atoms with van der Waals surface area (Å²) in [5, 5.41) is 0. The summed E-state index contributed by atoms with van der Waals surface area (Å²) in [5.74, 6) is -0.898. The van der Waals surface area contributed by atoms with E-state index in [2.05, 4.69) is 111 Å². The highest BCUT2D eigenvalue weighted by Crippen LogP contribution is 2.43. The molecule has 0 aliphatic heterocycles. The van der Waals surface area contributed by atoms with Crippen LogP contribution in [0.4, 0.5) is 0 Å². The fourth-order valence-corrected chi connectivity index (χ4v) is 5.73.